The molecule has 1 amide bonds. The molecule has 2 heterocycles. The van der Waals surface area contributed by atoms with Crippen molar-refractivity contribution in [1.29, 1.82) is 0 Å². The first-order valence-corrected chi connectivity index (χ1v) is 6.44. The summed E-state index contributed by atoms with van der Waals surface area (Å²) in [5.41, 5.74) is 0.0431. The minimum atomic E-state index is -1.10. The Morgan fingerprint density at radius 3 is 3.00 bits per heavy atom. The number of fused-ring (bicyclic) bond motifs is 1. The Balaban J connectivity index is 1.76. The molecule has 0 saturated carbocycles. The largest absolute Gasteiger partial charge is 0.493 e. The number of furan rings is 1. The molecule has 3 rings (SSSR count). The van der Waals surface area contributed by atoms with E-state index in [1.54, 1.807) is 6.07 Å². The third-order valence-electron chi connectivity index (χ3n) is 3.49. The molecular weight excluding hydrogens is 258 g/mol. The average Bonchev–Trinajstić information content (AvgIpc) is 3.00. The quantitative estimate of drug-likeness (QED) is 0.892. The van der Waals surface area contributed by atoms with Gasteiger partial charge in [0.1, 0.15) is 17.6 Å². The molecule has 0 aliphatic carbocycles. The van der Waals surface area contributed by atoms with Gasteiger partial charge < -0.3 is 19.6 Å². The summed E-state index contributed by atoms with van der Waals surface area (Å²) >= 11 is 0. The molecule has 5 nitrogen and oxygen atoms in total. The zero-order valence-corrected chi connectivity index (χ0v) is 10.8. The first-order chi connectivity index (χ1) is 9.69. The van der Waals surface area contributed by atoms with Crippen molar-refractivity contribution in [3.8, 4) is 5.75 Å². The number of carbonyl (C=O) groups excluding carboxylic acids is 1. The molecule has 1 aromatic carbocycles. The Kier molecular flexibility index (Phi) is 3.20. The molecule has 1 aliphatic rings. The van der Waals surface area contributed by atoms with E-state index in [1.165, 1.54) is 12.5 Å². The number of carbonyl (C=O) groups is 1. The highest BCUT2D eigenvalue weighted by Crippen LogP contribution is 2.36. The summed E-state index contributed by atoms with van der Waals surface area (Å²) in [5, 5.41) is 13.5. The van der Waals surface area contributed by atoms with E-state index in [4.69, 9.17) is 9.15 Å². The molecule has 0 saturated heterocycles. The van der Waals surface area contributed by atoms with Crippen LogP contribution in [0.1, 0.15) is 22.3 Å². The summed E-state index contributed by atoms with van der Waals surface area (Å²) in [6.45, 7) is 0.562. The lowest BCUT2D eigenvalue weighted by Gasteiger charge is -2.34. The van der Waals surface area contributed by atoms with Crippen LogP contribution in [0.15, 0.2) is 47.3 Å². The molecule has 0 spiro atoms. The van der Waals surface area contributed by atoms with Crippen molar-refractivity contribution in [1.82, 2.24) is 5.32 Å². The van der Waals surface area contributed by atoms with Crippen molar-refractivity contribution < 1.29 is 19.1 Å². The fourth-order valence-corrected chi connectivity index (χ4v) is 2.35. The Morgan fingerprint density at radius 2 is 2.20 bits per heavy atom. The number of rotatable bonds is 3. The van der Waals surface area contributed by atoms with Gasteiger partial charge in [-0.25, -0.2) is 0 Å². The standard InChI is InChI=1S/C15H15NO4/c17-14(11-5-7-19-9-11)16-10-15(18)6-8-20-13-4-2-1-3-12(13)15/h1-5,7,9,18H,6,8,10H2,(H,16,17). The van der Waals surface area contributed by atoms with Crippen molar-refractivity contribution in [2.75, 3.05) is 13.2 Å². The number of hydrogen-bond donors (Lipinski definition) is 2. The molecule has 0 bridgehead atoms. The second kappa shape index (κ2) is 5.02. The van der Waals surface area contributed by atoms with Gasteiger partial charge in [0.15, 0.2) is 0 Å². The molecular formula is C15H15NO4. The van der Waals surface area contributed by atoms with Crippen LogP contribution >= 0.6 is 0 Å². The summed E-state index contributed by atoms with van der Waals surface area (Å²) in [7, 11) is 0. The molecule has 104 valence electrons. The highest BCUT2D eigenvalue weighted by molar-refractivity contribution is 5.93. The molecule has 1 aromatic heterocycles. The first kappa shape index (κ1) is 12.7. The van der Waals surface area contributed by atoms with E-state index in [-0.39, 0.29) is 12.5 Å². The molecule has 5 heteroatoms. The number of ether oxygens (including phenoxy) is 1. The minimum absolute atomic E-state index is 0.136. The van der Waals surface area contributed by atoms with Crippen molar-refractivity contribution in [2.24, 2.45) is 0 Å². The van der Waals surface area contributed by atoms with Crippen molar-refractivity contribution >= 4 is 5.91 Å². The normalized spacial score (nSPS) is 20.9. The maximum absolute atomic E-state index is 11.9. The first-order valence-electron chi connectivity index (χ1n) is 6.44. The third kappa shape index (κ3) is 2.28. The highest BCUT2D eigenvalue weighted by Gasteiger charge is 2.35. The van der Waals surface area contributed by atoms with Gasteiger partial charge in [0.05, 0.1) is 25.0 Å². The van der Waals surface area contributed by atoms with Crippen LogP contribution in [-0.4, -0.2) is 24.2 Å². The van der Waals surface area contributed by atoms with Crippen LogP contribution < -0.4 is 10.1 Å². The molecule has 0 radical (unpaired) electrons. The van der Waals surface area contributed by atoms with Crippen LogP contribution in [-0.2, 0) is 5.60 Å². The lowest BCUT2D eigenvalue weighted by Crippen LogP contribution is -2.43. The van der Waals surface area contributed by atoms with Crippen LogP contribution in [0.2, 0.25) is 0 Å². The van der Waals surface area contributed by atoms with Gasteiger partial charge in [-0.3, -0.25) is 4.79 Å². The predicted octanol–water partition coefficient (Wildman–Crippen LogP) is 1.68. The van der Waals surface area contributed by atoms with Gasteiger partial charge >= 0.3 is 0 Å². The number of nitrogens with one attached hydrogen (secondary N) is 1. The Labute approximate surface area is 116 Å². The van der Waals surface area contributed by atoms with Crippen LogP contribution in [0.25, 0.3) is 0 Å². The minimum Gasteiger partial charge on any atom is -0.493 e. The Morgan fingerprint density at radius 1 is 1.35 bits per heavy atom. The van der Waals surface area contributed by atoms with Gasteiger partial charge in [-0.1, -0.05) is 18.2 Å². The number of aliphatic hydroxyl groups is 1. The van der Waals surface area contributed by atoms with Crippen molar-refractivity contribution in [3.63, 3.8) is 0 Å². The second-order valence-electron chi connectivity index (χ2n) is 4.82. The van der Waals surface area contributed by atoms with E-state index in [0.717, 1.165) is 0 Å². The van der Waals surface area contributed by atoms with Crippen LogP contribution in [0, 0.1) is 0 Å². The van der Waals surface area contributed by atoms with Gasteiger partial charge in [0.2, 0.25) is 0 Å². The maximum Gasteiger partial charge on any atom is 0.254 e. The molecule has 1 unspecified atom stereocenters. The number of amides is 1. The smallest absolute Gasteiger partial charge is 0.254 e. The van der Waals surface area contributed by atoms with Crippen molar-refractivity contribution in [3.05, 3.63) is 54.0 Å². The second-order valence-corrected chi connectivity index (χ2v) is 4.82. The van der Waals surface area contributed by atoms with Gasteiger partial charge in [0, 0.05) is 12.0 Å². The summed E-state index contributed by atoms with van der Waals surface area (Å²) in [6, 6.07) is 8.91. The third-order valence-corrected chi connectivity index (χ3v) is 3.49. The fraction of sp³-hybridized carbons (Fsp3) is 0.267. The zero-order chi connectivity index (χ0) is 14.0. The van der Waals surface area contributed by atoms with E-state index in [9.17, 15) is 9.90 Å². The van der Waals surface area contributed by atoms with Gasteiger partial charge in [-0.2, -0.15) is 0 Å². The lowest BCUT2D eigenvalue weighted by molar-refractivity contribution is -0.00161. The zero-order valence-electron chi connectivity index (χ0n) is 10.8. The van der Waals surface area contributed by atoms with Gasteiger partial charge in [-0.15, -0.1) is 0 Å². The van der Waals surface area contributed by atoms with Crippen LogP contribution in [0.5, 0.6) is 5.75 Å². The summed E-state index contributed by atoms with van der Waals surface area (Å²) < 4.78 is 10.4. The summed E-state index contributed by atoms with van der Waals surface area (Å²) in [5.74, 6) is 0.398. The number of hydrogen-bond acceptors (Lipinski definition) is 4. The number of para-hydroxylation sites is 1. The SMILES string of the molecule is O=C(NCC1(O)CCOc2ccccc21)c1ccoc1. The van der Waals surface area contributed by atoms with E-state index in [2.05, 4.69) is 5.32 Å². The molecule has 2 N–H and O–H groups in total. The lowest BCUT2D eigenvalue weighted by atomic mass is 9.88. The Hall–Kier alpha value is -2.27. The van der Waals surface area contributed by atoms with E-state index >= 15 is 0 Å². The highest BCUT2D eigenvalue weighted by atomic mass is 16.5. The molecule has 2 aromatic rings. The Bertz CT molecular complexity index is 608. The fourth-order valence-electron chi connectivity index (χ4n) is 2.35. The number of benzene rings is 1. The summed E-state index contributed by atoms with van der Waals surface area (Å²) in [4.78, 5) is 11.9. The topological polar surface area (TPSA) is 71.7 Å². The molecule has 1 atom stereocenters. The van der Waals surface area contributed by atoms with Crippen LogP contribution in [0.4, 0.5) is 0 Å². The maximum atomic E-state index is 11.9. The van der Waals surface area contributed by atoms with Gasteiger partial charge in [-0.05, 0) is 12.1 Å². The molecule has 0 fully saturated rings. The molecule has 1 aliphatic heterocycles. The van der Waals surface area contributed by atoms with Crippen molar-refractivity contribution in [2.45, 2.75) is 12.0 Å². The average molecular weight is 273 g/mol. The van der Waals surface area contributed by atoms with E-state index < -0.39 is 5.60 Å². The van der Waals surface area contributed by atoms with Gasteiger partial charge in [0.25, 0.3) is 5.91 Å². The monoisotopic (exact) mass is 273 g/mol. The predicted molar refractivity (Wildman–Crippen MR) is 71.5 cm³/mol. The summed E-state index contributed by atoms with van der Waals surface area (Å²) in [6.07, 6.45) is 3.25. The van der Waals surface area contributed by atoms with E-state index in [0.29, 0.717) is 29.9 Å². The van der Waals surface area contributed by atoms with Crippen LogP contribution in [0.3, 0.4) is 0 Å². The van der Waals surface area contributed by atoms with E-state index in [1.807, 2.05) is 24.3 Å². The molecule has 20 heavy (non-hydrogen) atoms.